The van der Waals surface area contributed by atoms with Crippen LogP contribution in [-0.2, 0) is 10.0 Å². The first-order chi connectivity index (χ1) is 9.88. The first-order valence-electron chi connectivity index (χ1n) is 6.69. The lowest BCUT2D eigenvalue weighted by Crippen LogP contribution is -2.15. The second-order valence-corrected chi connectivity index (χ2v) is 6.75. The van der Waals surface area contributed by atoms with Gasteiger partial charge in [0, 0.05) is 6.04 Å². The van der Waals surface area contributed by atoms with E-state index in [0.717, 1.165) is 0 Å². The quantitative estimate of drug-likeness (QED) is 0.891. The standard InChI is InChI=1S/C15H19N3O2S/c1-11(2)17-15-9-8-13(10-16-15)18-21(19,20)14-7-5-4-6-12(14)3/h4-11,18H,1-3H3,(H,16,17). The van der Waals surface area contributed by atoms with Gasteiger partial charge < -0.3 is 5.32 Å². The molecule has 0 unspecified atom stereocenters. The van der Waals surface area contributed by atoms with Crippen molar-refractivity contribution in [1.29, 1.82) is 0 Å². The minimum Gasteiger partial charge on any atom is -0.368 e. The van der Waals surface area contributed by atoms with Crippen LogP contribution in [0.5, 0.6) is 0 Å². The number of rotatable bonds is 5. The summed E-state index contributed by atoms with van der Waals surface area (Å²) in [5, 5.41) is 3.15. The first kappa shape index (κ1) is 15.3. The zero-order valence-electron chi connectivity index (χ0n) is 12.3. The molecule has 5 nitrogen and oxygen atoms in total. The number of aromatic nitrogens is 1. The van der Waals surface area contributed by atoms with E-state index >= 15 is 0 Å². The number of nitrogens with zero attached hydrogens (tertiary/aromatic N) is 1. The number of nitrogens with one attached hydrogen (secondary N) is 2. The van der Waals surface area contributed by atoms with Crippen molar-refractivity contribution in [2.24, 2.45) is 0 Å². The van der Waals surface area contributed by atoms with Crippen LogP contribution in [0.4, 0.5) is 11.5 Å². The fourth-order valence-corrected chi connectivity index (χ4v) is 3.19. The van der Waals surface area contributed by atoms with Crippen molar-refractivity contribution in [2.75, 3.05) is 10.0 Å². The second kappa shape index (κ2) is 6.13. The van der Waals surface area contributed by atoms with E-state index in [1.807, 2.05) is 19.9 Å². The van der Waals surface area contributed by atoms with Gasteiger partial charge in [-0.15, -0.1) is 0 Å². The second-order valence-electron chi connectivity index (χ2n) is 5.10. The molecule has 0 fully saturated rings. The predicted molar refractivity (Wildman–Crippen MR) is 85.0 cm³/mol. The van der Waals surface area contributed by atoms with Gasteiger partial charge in [0.05, 0.1) is 16.8 Å². The third kappa shape index (κ3) is 3.95. The molecule has 0 bridgehead atoms. The minimum atomic E-state index is -3.59. The van der Waals surface area contributed by atoms with Crippen LogP contribution in [0.25, 0.3) is 0 Å². The summed E-state index contributed by atoms with van der Waals surface area (Å²) in [4.78, 5) is 4.45. The third-order valence-corrected chi connectivity index (χ3v) is 4.38. The molecule has 0 atom stereocenters. The minimum absolute atomic E-state index is 0.270. The molecule has 0 aliphatic carbocycles. The highest BCUT2D eigenvalue weighted by atomic mass is 32.2. The highest BCUT2D eigenvalue weighted by Crippen LogP contribution is 2.19. The molecule has 1 heterocycles. The molecule has 0 amide bonds. The number of pyridine rings is 1. The van der Waals surface area contributed by atoms with Gasteiger partial charge in [-0.3, -0.25) is 4.72 Å². The molecular weight excluding hydrogens is 286 g/mol. The molecule has 2 rings (SSSR count). The van der Waals surface area contributed by atoms with Crippen LogP contribution in [0.3, 0.4) is 0 Å². The molecule has 1 aromatic heterocycles. The molecule has 2 N–H and O–H groups in total. The van der Waals surface area contributed by atoms with Crippen molar-refractivity contribution in [3.63, 3.8) is 0 Å². The monoisotopic (exact) mass is 305 g/mol. The average Bonchev–Trinajstić information content (AvgIpc) is 2.40. The Hall–Kier alpha value is -2.08. The van der Waals surface area contributed by atoms with Crippen molar-refractivity contribution in [3.8, 4) is 0 Å². The van der Waals surface area contributed by atoms with Crippen molar-refractivity contribution in [3.05, 3.63) is 48.2 Å². The maximum Gasteiger partial charge on any atom is 0.262 e. The smallest absolute Gasteiger partial charge is 0.262 e. The summed E-state index contributed by atoms with van der Waals surface area (Å²) < 4.78 is 27.2. The van der Waals surface area contributed by atoms with Crippen LogP contribution >= 0.6 is 0 Å². The van der Waals surface area contributed by atoms with Crippen LogP contribution in [0.2, 0.25) is 0 Å². The Kier molecular flexibility index (Phi) is 4.47. The highest BCUT2D eigenvalue weighted by Gasteiger charge is 2.16. The Morgan fingerprint density at radius 2 is 1.81 bits per heavy atom. The molecule has 0 saturated carbocycles. The zero-order chi connectivity index (χ0) is 15.5. The molecule has 6 heteroatoms. The molecule has 112 valence electrons. The van der Waals surface area contributed by atoms with Gasteiger partial charge in [0.25, 0.3) is 10.0 Å². The number of hydrogen-bond donors (Lipinski definition) is 2. The number of anilines is 2. The summed E-state index contributed by atoms with van der Waals surface area (Å²) in [5.74, 6) is 0.712. The Morgan fingerprint density at radius 3 is 2.38 bits per heavy atom. The van der Waals surface area contributed by atoms with E-state index in [9.17, 15) is 8.42 Å². The van der Waals surface area contributed by atoms with E-state index in [1.54, 1.807) is 37.3 Å². The molecule has 1 aromatic carbocycles. The zero-order valence-corrected chi connectivity index (χ0v) is 13.1. The fraction of sp³-hybridized carbons (Fsp3) is 0.267. The summed E-state index contributed by atoms with van der Waals surface area (Å²) >= 11 is 0. The van der Waals surface area contributed by atoms with Crippen molar-refractivity contribution >= 4 is 21.5 Å². The SMILES string of the molecule is Cc1ccccc1S(=O)(=O)Nc1ccc(NC(C)C)nc1. The number of aryl methyl sites for hydroxylation is 1. The van der Waals surface area contributed by atoms with Crippen molar-refractivity contribution in [1.82, 2.24) is 4.98 Å². The van der Waals surface area contributed by atoms with Crippen LogP contribution in [-0.4, -0.2) is 19.4 Å². The Labute approximate surface area is 125 Å². The van der Waals surface area contributed by atoms with Gasteiger partial charge in [-0.25, -0.2) is 13.4 Å². The van der Waals surface area contributed by atoms with E-state index in [1.165, 1.54) is 6.20 Å². The summed E-state index contributed by atoms with van der Waals surface area (Å²) in [7, 11) is -3.59. The number of hydrogen-bond acceptors (Lipinski definition) is 4. The topological polar surface area (TPSA) is 71.1 Å². The number of benzene rings is 1. The Morgan fingerprint density at radius 1 is 1.10 bits per heavy atom. The van der Waals surface area contributed by atoms with Gasteiger partial charge in [-0.05, 0) is 44.5 Å². The van der Waals surface area contributed by atoms with Gasteiger partial charge in [0.2, 0.25) is 0 Å². The lowest BCUT2D eigenvalue weighted by Gasteiger charge is -2.12. The first-order valence-corrected chi connectivity index (χ1v) is 8.18. The molecular formula is C15H19N3O2S. The third-order valence-electron chi connectivity index (χ3n) is 2.84. The molecule has 2 aromatic rings. The summed E-state index contributed by atoms with van der Waals surface area (Å²) in [5.41, 5.74) is 1.14. The molecule has 0 aliphatic rings. The average molecular weight is 305 g/mol. The maximum atomic E-state index is 12.3. The van der Waals surface area contributed by atoms with Crippen LogP contribution in [0, 0.1) is 6.92 Å². The van der Waals surface area contributed by atoms with E-state index in [-0.39, 0.29) is 10.9 Å². The van der Waals surface area contributed by atoms with E-state index in [2.05, 4.69) is 15.0 Å². The summed E-state index contributed by atoms with van der Waals surface area (Å²) in [6.45, 7) is 5.79. The van der Waals surface area contributed by atoms with Gasteiger partial charge in [0.1, 0.15) is 5.82 Å². The van der Waals surface area contributed by atoms with Gasteiger partial charge in [-0.2, -0.15) is 0 Å². The lowest BCUT2D eigenvalue weighted by molar-refractivity contribution is 0.600. The maximum absolute atomic E-state index is 12.3. The van der Waals surface area contributed by atoms with Crippen LogP contribution in [0.15, 0.2) is 47.5 Å². The van der Waals surface area contributed by atoms with Gasteiger partial charge >= 0.3 is 0 Å². The molecule has 0 radical (unpaired) electrons. The van der Waals surface area contributed by atoms with Crippen molar-refractivity contribution < 1.29 is 8.42 Å². The van der Waals surface area contributed by atoms with E-state index < -0.39 is 10.0 Å². The predicted octanol–water partition coefficient (Wildman–Crippen LogP) is 3.01. The van der Waals surface area contributed by atoms with Gasteiger partial charge in [-0.1, -0.05) is 18.2 Å². The lowest BCUT2D eigenvalue weighted by atomic mass is 10.2. The highest BCUT2D eigenvalue weighted by molar-refractivity contribution is 7.92. The van der Waals surface area contributed by atoms with Crippen LogP contribution < -0.4 is 10.0 Å². The number of sulfonamides is 1. The Bertz CT molecular complexity index is 710. The fourth-order valence-electron chi connectivity index (χ4n) is 1.90. The van der Waals surface area contributed by atoms with Gasteiger partial charge in [0.15, 0.2) is 0 Å². The normalized spacial score (nSPS) is 11.4. The van der Waals surface area contributed by atoms with E-state index in [4.69, 9.17) is 0 Å². The molecule has 0 aliphatic heterocycles. The Balaban J connectivity index is 2.19. The largest absolute Gasteiger partial charge is 0.368 e. The molecule has 0 saturated heterocycles. The molecule has 21 heavy (non-hydrogen) atoms. The van der Waals surface area contributed by atoms with Crippen LogP contribution in [0.1, 0.15) is 19.4 Å². The van der Waals surface area contributed by atoms with Crippen molar-refractivity contribution in [2.45, 2.75) is 31.7 Å². The summed E-state index contributed by atoms with van der Waals surface area (Å²) in [6, 6.07) is 10.6. The molecule has 0 spiro atoms. The van der Waals surface area contributed by atoms with E-state index in [0.29, 0.717) is 17.1 Å². The summed E-state index contributed by atoms with van der Waals surface area (Å²) in [6.07, 6.45) is 1.50.